The van der Waals surface area contributed by atoms with E-state index in [9.17, 15) is 13.2 Å². The molecule has 5 nitrogen and oxygen atoms in total. The second-order valence-corrected chi connectivity index (χ2v) is 3.71. The first-order chi connectivity index (χ1) is 5.91. The van der Waals surface area contributed by atoms with E-state index in [4.69, 9.17) is 10.3 Å². The van der Waals surface area contributed by atoms with Crippen molar-refractivity contribution < 1.29 is 17.8 Å². The van der Waals surface area contributed by atoms with Crippen LogP contribution in [0.2, 0.25) is 0 Å². The molecule has 0 unspecified atom stereocenters. The van der Waals surface area contributed by atoms with E-state index < -0.39 is 15.2 Å². The Hall–Kier alpha value is -1.40. The van der Waals surface area contributed by atoms with Gasteiger partial charge >= 0.3 is 15.2 Å². The van der Waals surface area contributed by atoms with Crippen LogP contribution in [0.4, 0.5) is 5.69 Å². The molecule has 0 aliphatic heterocycles. The lowest BCUT2D eigenvalue weighted by atomic mass is 10.2. The molecule has 1 aromatic carbocycles. The summed E-state index contributed by atoms with van der Waals surface area (Å²) in [6.07, 6.45) is 0. The number of rotatable bonds is 1. The van der Waals surface area contributed by atoms with Gasteiger partial charge in [0.15, 0.2) is 0 Å². The van der Waals surface area contributed by atoms with Crippen LogP contribution in [0.3, 0.4) is 0 Å². The summed E-state index contributed by atoms with van der Waals surface area (Å²) in [4.78, 5) is 10.9. The van der Waals surface area contributed by atoms with Gasteiger partial charge in [0, 0.05) is 11.3 Å². The minimum absolute atomic E-state index is 0.114. The normalized spacial score (nSPS) is 11.2. The predicted octanol–water partition coefficient (Wildman–Crippen LogP) is 0.297. The topological polar surface area (TPSA) is 97.5 Å². The van der Waals surface area contributed by atoms with Crippen LogP contribution in [0.15, 0.2) is 24.3 Å². The minimum Gasteiger partial charge on any atom is -0.399 e. The molecule has 0 saturated heterocycles. The molecule has 3 N–H and O–H groups in total. The van der Waals surface area contributed by atoms with Gasteiger partial charge in [-0.2, -0.15) is 8.42 Å². The number of hydrogen-bond donors (Lipinski definition) is 2. The van der Waals surface area contributed by atoms with Crippen LogP contribution in [0, 0.1) is 0 Å². The van der Waals surface area contributed by atoms with Gasteiger partial charge in [0.1, 0.15) is 0 Å². The molecule has 0 radical (unpaired) electrons. The predicted molar refractivity (Wildman–Crippen MR) is 46.7 cm³/mol. The Morgan fingerprint density at radius 1 is 1.23 bits per heavy atom. The maximum atomic E-state index is 10.9. The summed E-state index contributed by atoms with van der Waals surface area (Å²) in [5, 5.41) is -1.33. The second kappa shape index (κ2) is 3.15. The molecule has 0 aliphatic carbocycles. The number of anilines is 1. The van der Waals surface area contributed by atoms with Gasteiger partial charge < -0.3 is 5.73 Å². The van der Waals surface area contributed by atoms with Crippen LogP contribution < -0.4 is 5.73 Å². The standard InChI is InChI=1S/C7H7NO4S/c8-6-3-1-5(2-4-6)7(9)13(10,11)12/h1-4H,8H2,(H,10,11,12). The highest BCUT2D eigenvalue weighted by atomic mass is 32.2. The zero-order valence-electron chi connectivity index (χ0n) is 6.47. The van der Waals surface area contributed by atoms with Gasteiger partial charge in [0.25, 0.3) is 0 Å². The maximum Gasteiger partial charge on any atom is 0.333 e. The van der Waals surface area contributed by atoms with Crippen LogP contribution >= 0.6 is 0 Å². The monoisotopic (exact) mass is 201 g/mol. The zero-order valence-corrected chi connectivity index (χ0v) is 7.28. The SMILES string of the molecule is Nc1ccc(C(=O)S(=O)(=O)O)cc1. The summed E-state index contributed by atoms with van der Waals surface area (Å²) in [7, 11) is -4.65. The molecule has 0 atom stereocenters. The molecule has 13 heavy (non-hydrogen) atoms. The Bertz CT molecular complexity index is 420. The molecule has 1 aromatic rings. The van der Waals surface area contributed by atoms with E-state index in [0.29, 0.717) is 5.69 Å². The molecular weight excluding hydrogens is 194 g/mol. The van der Waals surface area contributed by atoms with Crippen LogP contribution in [0.1, 0.15) is 10.4 Å². The highest BCUT2D eigenvalue weighted by Crippen LogP contribution is 2.08. The molecule has 0 spiro atoms. The van der Waals surface area contributed by atoms with Crippen molar-refractivity contribution in [1.82, 2.24) is 0 Å². The van der Waals surface area contributed by atoms with Crippen molar-refractivity contribution in [3.8, 4) is 0 Å². The first-order valence-electron chi connectivity index (χ1n) is 3.28. The Morgan fingerprint density at radius 3 is 2.08 bits per heavy atom. The number of carbonyl (C=O) groups is 1. The average molecular weight is 201 g/mol. The van der Waals surface area contributed by atoms with Crippen molar-refractivity contribution in [2.45, 2.75) is 0 Å². The van der Waals surface area contributed by atoms with Gasteiger partial charge in [0.2, 0.25) is 0 Å². The quantitative estimate of drug-likeness (QED) is 0.503. The van der Waals surface area contributed by atoms with E-state index in [1.807, 2.05) is 0 Å². The van der Waals surface area contributed by atoms with Crippen LogP contribution in [0.25, 0.3) is 0 Å². The van der Waals surface area contributed by atoms with E-state index in [0.717, 1.165) is 0 Å². The molecule has 0 aliphatic rings. The molecule has 0 fully saturated rings. The lowest BCUT2D eigenvalue weighted by Crippen LogP contribution is -2.13. The van der Waals surface area contributed by atoms with Crippen LogP contribution in [-0.4, -0.2) is 18.1 Å². The third-order valence-corrected chi connectivity index (χ3v) is 2.08. The molecule has 70 valence electrons. The molecule has 0 aromatic heterocycles. The third kappa shape index (κ3) is 2.27. The van der Waals surface area contributed by atoms with Gasteiger partial charge in [0.05, 0.1) is 0 Å². The van der Waals surface area contributed by atoms with E-state index in [1.165, 1.54) is 24.3 Å². The highest BCUT2D eigenvalue weighted by molar-refractivity contribution is 8.01. The van der Waals surface area contributed by atoms with Gasteiger partial charge in [-0.3, -0.25) is 9.35 Å². The van der Waals surface area contributed by atoms with E-state index >= 15 is 0 Å². The summed E-state index contributed by atoms with van der Waals surface area (Å²) in [5.41, 5.74) is 5.61. The Balaban J connectivity index is 3.12. The van der Waals surface area contributed by atoms with Crippen molar-refractivity contribution in [3.05, 3.63) is 29.8 Å². The summed E-state index contributed by atoms with van der Waals surface area (Å²) in [5.74, 6) is 0. The number of benzene rings is 1. The average Bonchev–Trinajstić information content (AvgIpc) is 2.03. The summed E-state index contributed by atoms with van der Waals surface area (Å²) in [6.45, 7) is 0. The van der Waals surface area contributed by atoms with Crippen molar-refractivity contribution in [1.29, 1.82) is 0 Å². The fourth-order valence-corrected chi connectivity index (χ4v) is 1.20. The molecular formula is C7H7NO4S. The Morgan fingerprint density at radius 2 is 1.69 bits per heavy atom. The third-order valence-electron chi connectivity index (χ3n) is 1.38. The van der Waals surface area contributed by atoms with Crippen LogP contribution in [-0.2, 0) is 10.1 Å². The first kappa shape index (κ1) is 9.69. The summed E-state index contributed by atoms with van der Waals surface area (Å²) < 4.78 is 29.2. The number of hydrogen-bond acceptors (Lipinski definition) is 4. The highest BCUT2D eigenvalue weighted by Gasteiger charge is 2.19. The number of carbonyl (C=O) groups excluding carboxylic acids is 1. The fourth-order valence-electron chi connectivity index (χ4n) is 0.768. The second-order valence-electron chi connectivity index (χ2n) is 2.38. The Kier molecular flexibility index (Phi) is 2.35. The van der Waals surface area contributed by atoms with Gasteiger partial charge in [-0.05, 0) is 24.3 Å². The van der Waals surface area contributed by atoms with Crippen molar-refractivity contribution in [2.75, 3.05) is 5.73 Å². The first-order valence-corrected chi connectivity index (χ1v) is 4.72. The minimum atomic E-state index is -4.65. The van der Waals surface area contributed by atoms with Gasteiger partial charge in [-0.1, -0.05) is 0 Å². The molecule has 0 bridgehead atoms. The van der Waals surface area contributed by atoms with Crippen molar-refractivity contribution in [3.63, 3.8) is 0 Å². The van der Waals surface area contributed by atoms with E-state index in [1.54, 1.807) is 0 Å². The molecule has 0 amide bonds. The maximum absolute atomic E-state index is 10.9. The number of nitrogen functional groups attached to an aromatic ring is 1. The smallest absolute Gasteiger partial charge is 0.333 e. The van der Waals surface area contributed by atoms with Crippen molar-refractivity contribution >= 4 is 20.9 Å². The zero-order chi connectivity index (χ0) is 10.1. The lowest BCUT2D eigenvalue weighted by molar-refractivity contribution is 0.106. The van der Waals surface area contributed by atoms with Crippen LogP contribution in [0.5, 0.6) is 0 Å². The molecule has 1 rings (SSSR count). The molecule has 0 heterocycles. The van der Waals surface area contributed by atoms with E-state index in [-0.39, 0.29) is 5.56 Å². The lowest BCUT2D eigenvalue weighted by Gasteiger charge is -1.97. The molecule has 0 saturated carbocycles. The largest absolute Gasteiger partial charge is 0.399 e. The van der Waals surface area contributed by atoms with Crippen molar-refractivity contribution in [2.24, 2.45) is 0 Å². The Labute approximate surface area is 74.9 Å². The van der Waals surface area contributed by atoms with Gasteiger partial charge in [-0.15, -0.1) is 0 Å². The summed E-state index contributed by atoms with van der Waals surface area (Å²) >= 11 is 0. The molecule has 6 heteroatoms. The van der Waals surface area contributed by atoms with Gasteiger partial charge in [-0.25, -0.2) is 0 Å². The number of nitrogens with two attached hydrogens (primary N) is 1. The van der Waals surface area contributed by atoms with E-state index in [2.05, 4.69) is 0 Å². The fraction of sp³-hybridized carbons (Fsp3) is 0. The summed E-state index contributed by atoms with van der Waals surface area (Å²) in [6, 6.07) is 5.20.